The van der Waals surface area contributed by atoms with Crippen LogP contribution in [0.5, 0.6) is 0 Å². The van der Waals surface area contributed by atoms with Gasteiger partial charge < -0.3 is 10.2 Å². The van der Waals surface area contributed by atoms with E-state index in [2.05, 4.69) is 45.2 Å². The summed E-state index contributed by atoms with van der Waals surface area (Å²) in [6.45, 7) is 4.55. The molecule has 0 bridgehead atoms. The Labute approximate surface area is 150 Å². The van der Waals surface area contributed by atoms with E-state index in [4.69, 9.17) is 5.26 Å². The standard InChI is InChI=1S/C19H19BrFN3/c1-13(15-3-5-16(20)6-4-15)19-12-23-8-9-24(19)18-7-2-14(11-22)10-17(18)21/h2-7,10,13,19,23H,8-9,12H2,1H3. The first kappa shape index (κ1) is 16.9. The number of rotatable bonds is 3. The molecule has 1 aliphatic heterocycles. The normalized spacial score (nSPS) is 18.9. The zero-order valence-corrected chi connectivity index (χ0v) is 15.1. The number of hydrogen-bond acceptors (Lipinski definition) is 3. The quantitative estimate of drug-likeness (QED) is 0.863. The second-order valence-electron chi connectivity index (χ2n) is 6.08. The third kappa shape index (κ3) is 3.45. The van der Waals surface area contributed by atoms with Gasteiger partial charge in [-0.25, -0.2) is 4.39 Å². The SMILES string of the molecule is CC(c1ccc(Br)cc1)C1CNCCN1c1ccc(C#N)cc1F. The van der Waals surface area contributed by atoms with Crippen LogP contribution < -0.4 is 10.2 Å². The summed E-state index contributed by atoms with van der Waals surface area (Å²) in [6.07, 6.45) is 0. The van der Waals surface area contributed by atoms with Gasteiger partial charge in [-0.1, -0.05) is 35.0 Å². The van der Waals surface area contributed by atoms with E-state index in [1.165, 1.54) is 11.6 Å². The van der Waals surface area contributed by atoms with Crippen LogP contribution >= 0.6 is 15.9 Å². The molecule has 1 N–H and O–H groups in total. The van der Waals surface area contributed by atoms with E-state index in [1.54, 1.807) is 12.1 Å². The van der Waals surface area contributed by atoms with Gasteiger partial charge in [0.15, 0.2) is 0 Å². The molecule has 3 nitrogen and oxygen atoms in total. The minimum absolute atomic E-state index is 0.155. The van der Waals surface area contributed by atoms with Gasteiger partial charge >= 0.3 is 0 Å². The second-order valence-corrected chi connectivity index (χ2v) is 7.00. The number of hydrogen-bond donors (Lipinski definition) is 1. The van der Waals surface area contributed by atoms with Crippen LogP contribution in [0, 0.1) is 17.1 Å². The van der Waals surface area contributed by atoms with E-state index in [-0.39, 0.29) is 17.8 Å². The molecule has 1 heterocycles. The number of benzene rings is 2. The number of nitriles is 1. The zero-order valence-electron chi connectivity index (χ0n) is 13.5. The molecular weight excluding hydrogens is 369 g/mol. The lowest BCUT2D eigenvalue weighted by molar-refractivity contribution is 0.425. The highest BCUT2D eigenvalue weighted by Gasteiger charge is 2.29. The van der Waals surface area contributed by atoms with Crippen LogP contribution in [-0.4, -0.2) is 25.7 Å². The molecule has 0 saturated carbocycles. The van der Waals surface area contributed by atoms with E-state index in [9.17, 15) is 4.39 Å². The number of nitrogens with zero attached hydrogens (tertiary/aromatic N) is 2. The molecule has 2 aromatic carbocycles. The van der Waals surface area contributed by atoms with Crippen LogP contribution in [-0.2, 0) is 0 Å². The summed E-state index contributed by atoms with van der Waals surface area (Å²) < 4.78 is 15.5. The molecule has 1 fully saturated rings. The first-order chi connectivity index (χ1) is 11.6. The third-order valence-electron chi connectivity index (χ3n) is 4.64. The molecule has 0 amide bonds. The van der Waals surface area contributed by atoms with Crippen molar-refractivity contribution in [3.63, 3.8) is 0 Å². The molecule has 2 aromatic rings. The van der Waals surface area contributed by atoms with Crippen LogP contribution in [0.25, 0.3) is 0 Å². The summed E-state index contributed by atoms with van der Waals surface area (Å²) >= 11 is 3.46. The van der Waals surface area contributed by atoms with E-state index in [0.29, 0.717) is 11.3 Å². The van der Waals surface area contributed by atoms with Crippen molar-refractivity contribution < 1.29 is 4.39 Å². The molecule has 1 saturated heterocycles. The topological polar surface area (TPSA) is 39.1 Å². The molecule has 124 valence electrons. The van der Waals surface area contributed by atoms with E-state index in [0.717, 1.165) is 24.1 Å². The Balaban J connectivity index is 1.91. The maximum Gasteiger partial charge on any atom is 0.147 e. The lowest BCUT2D eigenvalue weighted by Crippen LogP contribution is -2.53. The van der Waals surface area contributed by atoms with Crippen molar-refractivity contribution in [1.29, 1.82) is 5.26 Å². The van der Waals surface area contributed by atoms with Gasteiger partial charge in [-0.05, 0) is 35.9 Å². The predicted molar refractivity (Wildman–Crippen MR) is 97.7 cm³/mol. The molecule has 2 atom stereocenters. The minimum atomic E-state index is -0.330. The molecule has 3 rings (SSSR count). The van der Waals surface area contributed by atoms with Gasteiger partial charge in [-0.3, -0.25) is 0 Å². The van der Waals surface area contributed by atoms with Crippen LogP contribution in [0.2, 0.25) is 0 Å². The summed E-state index contributed by atoms with van der Waals surface area (Å²) in [5, 5.41) is 12.3. The Morgan fingerprint density at radius 2 is 2.04 bits per heavy atom. The van der Waals surface area contributed by atoms with Gasteiger partial charge in [0.05, 0.1) is 17.3 Å². The van der Waals surface area contributed by atoms with Gasteiger partial charge in [0.1, 0.15) is 5.82 Å². The Kier molecular flexibility index (Phi) is 5.17. The molecule has 2 unspecified atom stereocenters. The summed E-state index contributed by atoms with van der Waals surface area (Å²) in [5.74, 6) is -0.0788. The van der Waals surface area contributed by atoms with E-state index < -0.39 is 0 Å². The molecule has 0 aromatic heterocycles. The fourth-order valence-corrected chi connectivity index (χ4v) is 3.53. The highest BCUT2D eigenvalue weighted by Crippen LogP contribution is 2.31. The van der Waals surface area contributed by atoms with Crippen molar-refractivity contribution in [3.8, 4) is 6.07 Å². The maximum atomic E-state index is 14.5. The molecule has 24 heavy (non-hydrogen) atoms. The fourth-order valence-electron chi connectivity index (χ4n) is 3.27. The highest BCUT2D eigenvalue weighted by atomic mass is 79.9. The Morgan fingerprint density at radius 3 is 2.71 bits per heavy atom. The first-order valence-corrected chi connectivity index (χ1v) is 8.82. The predicted octanol–water partition coefficient (Wildman–Crippen LogP) is 4.04. The van der Waals surface area contributed by atoms with Gasteiger partial charge in [0.25, 0.3) is 0 Å². The smallest absolute Gasteiger partial charge is 0.147 e. The second kappa shape index (κ2) is 7.33. The van der Waals surface area contributed by atoms with Crippen LogP contribution in [0.4, 0.5) is 10.1 Å². The lowest BCUT2D eigenvalue weighted by atomic mass is 9.90. The van der Waals surface area contributed by atoms with Crippen molar-refractivity contribution in [2.75, 3.05) is 24.5 Å². The average Bonchev–Trinajstić information content (AvgIpc) is 2.61. The molecule has 1 aliphatic rings. The number of nitrogens with one attached hydrogen (secondary N) is 1. The van der Waals surface area contributed by atoms with Crippen molar-refractivity contribution in [2.45, 2.75) is 18.9 Å². The van der Waals surface area contributed by atoms with Gasteiger partial charge in [0, 0.05) is 36.1 Å². The molecule has 0 radical (unpaired) electrons. The number of piperazine rings is 1. The van der Waals surface area contributed by atoms with Crippen LogP contribution in [0.1, 0.15) is 24.0 Å². The Hall–Kier alpha value is -1.90. The lowest BCUT2D eigenvalue weighted by Gasteiger charge is -2.41. The molecular formula is C19H19BrFN3. The van der Waals surface area contributed by atoms with Crippen molar-refractivity contribution in [3.05, 3.63) is 63.9 Å². The fraction of sp³-hybridized carbons (Fsp3) is 0.316. The summed E-state index contributed by atoms with van der Waals surface area (Å²) in [7, 11) is 0. The van der Waals surface area contributed by atoms with Gasteiger partial charge in [0.2, 0.25) is 0 Å². The minimum Gasteiger partial charge on any atom is -0.363 e. The zero-order chi connectivity index (χ0) is 17.1. The maximum absolute atomic E-state index is 14.5. The van der Waals surface area contributed by atoms with Gasteiger partial charge in [-0.15, -0.1) is 0 Å². The highest BCUT2D eigenvalue weighted by molar-refractivity contribution is 9.10. The average molecular weight is 388 g/mol. The van der Waals surface area contributed by atoms with Crippen molar-refractivity contribution in [2.24, 2.45) is 0 Å². The van der Waals surface area contributed by atoms with Crippen molar-refractivity contribution in [1.82, 2.24) is 5.32 Å². The summed E-state index contributed by atoms with van der Waals surface area (Å²) in [4.78, 5) is 2.12. The first-order valence-electron chi connectivity index (χ1n) is 8.02. The van der Waals surface area contributed by atoms with Crippen LogP contribution in [0.15, 0.2) is 46.9 Å². The monoisotopic (exact) mass is 387 g/mol. The molecule has 0 spiro atoms. The Bertz CT molecular complexity index is 754. The van der Waals surface area contributed by atoms with Gasteiger partial charge in [-0.2, -0.15) is 5.26 Å². The van der Waals surface area contributed by atoms with E-state index >= 15 is 0 Å². The van der Waals surface area contributed by atoms with Crippen molar-refractivity contribution >= 4 is 21.6 Å². The van der Waals surface area contributed by atoms with Crippen LogP contribution in [0.3, 0.4) is 0 Å². The Morgan fingerprint density at radius 1 is 1.29 bits per heavy atom. The number of halogens is 2. The largest absolute Gasteiger partial charge is 0.363 e. The molecule has 0 aliphatic carbocycles. The summed E-state index contributed by atoms with van der Waals surface area (Å²) in [5.41, 5.74) is 2.15. The molecule has 5 heteroatoms. The summed E-state index contributed by atoms with van der Waals surface area (Å²) in [6, 6.07) is 15.2. The third-order valence-corrected chi connectivity index (χ3v) is 5.17. The van der Waals surface area contributed by atoms with E-state index in [1.807, 2.05) is 18.2 Å². The number of anilines is 1.